The van der Waals surface area contributed by atoms with Gasteiger partial charge in [0.1, 0.15) is 11.3 Å². The fourth-order valence-corrected chi connectivity index (χ4v) is 2.86. The van der Waals surface area contributed by atoms with E-state index in [-0.39, 0.29) is 11.3 Å². The summed E-state index contributed by atoms with van der Waals surface area (Å²) in [5, 5.41) is 4.46. The van der Waals surface area contributed by atoms with Gasteiger partial charge >= 0.3 is 5.97 Å². The van der Waals surface area contributed by atoms with Crippen LogP contribution in [0.15, 0.2) is 60.7 Å². The van der Waals surface area contributed by atoms with E-state index >= 15 is 0 Å². The molecule has 0 bridgehead atoms. The Hall–Kier alpha value is -3.67. The molecule has 1 atom stereocenters. The number of rotatable bonds is 6. The number of esters is 1. The first kappa shape index (κ1) is 20.1. The van der Waals surface area contributed by atoms with Crippen molar-refractivity contribution in [1.29, 1.82) is 0 Å². The normalized spacial score (nSPS) is 11.6. The molecule has 0 aliphatic heterocycles. The molecule has 0 spiro atoms. The van der Waals surface area contributed by atoms with Crippen LogP contribution in [0.1, 0.15) is 34.6 Å². The molecule has 0 aromatic heterocycles. The molecule has 1 unspecified atom stereocenters. The summed E-state index contributed by atoms with van der Waals surface area (Å²) in [6.45, 7) is 2.96. The number of Topliss-reactive ketones (excluding diaryl/α,β-unsaturated/α-hetero) is 1. The molecule has 0 fully saturated rings. The van der Waals surface area contributed by atoms with Crippen LogP contribution < -0.4 is 10.1 Å². The van der Waals surface area contributed by atoms with Crippen LogP contribution in [0.5, 0.6) is 5.75 Å². The average Bonchev–Trinajstić information content (AvgIpc) is 2.72. The van der Waals surface area contributed by atoms with Gasteiger partial charge in [-0.3, -0.25) is 9.59 Å². The number of ketones is 1. The molecule has 3 aromatic carbocycles. The Balaban J connectivity index is 1.72. The minimum absolute atomic E-state index is 0.0606. The lowest BCUT2D eigenvalue weighted by Crippen LogP contribution is -2.30. The predicted octanol–water partition coefficient (Wildman–Crippen LogP) is 4.24. The molecule has 148 valence electrons. The largest absolute Gasteiger partial charge is 0.496 e. The van der Waals surface area contributed by atoms with Gasteiger partial charge in [-0.05, 0) is 61.0 Å². The van der Waals surface area contributed by atoms with Gasteiger partial charge in [-0.15, -0.1) is 0 Å². The second-order valence-electron chi connectivity index (χ2n) is 6.57. The maximum absolute atomic E-state index is 12.6. The Bertz CT molecular complexity index is 1070. The number of carbonyl (C=O) groups is 3. The fourth-order valence-electron chi connectivity index (χ4n) is 2.86. The number of nitrogens with one attached hydrogen (secondary N) is 1. The molecule has 0 aliphatic carbocycles. The van der Waals surface area contributed by atoms with Gasteiger partial charge in [0, 0.05) is 11.3 Å². The summed E-state index contributed by atoms with van der Waals surface area (Å²) in [4.78, 5) is 36.3. The summed E-state index contributed by atoms with van der Waals surface area (Å²) in [6.07, 6.45) is -1.02. The average molecular weight is 391 g/mol. The topological polar surface area (TPSA) is 81.7 Å². The van der Waals surface area contributed by atoms with Crippen molar-refractivity contribution in [3.8, 4) is 5.75 Å². The summed E-state index contributed by atoms with van der Waals surface area (Å²) in [5.74, 6) is -0.813. The van der Waals surface area contributed by atoms with Crippen molar-refractivity contribution in [1.82, 2.24) is 0 Å². The Kier molecular flexibility index (Phi) is 5.93. The van der Waals surface area contributed by atoms with Gasteiger partial charge in [0.05, 0.1) is 7.11 Å². The lowest BCUT2D eigenvalue weighted by Gasteiger charge is -2.15. The lowest BCUT2D eigenvalue weighted by molar-refractivity contribution is -0.123. The van der Waals surface area contributed by atoms with Crippen LogP contribution in [-0.4, -0.2) is 30.9 Å². The molecule has 3 rings (SSSR count). The van der Waals surface area contributed by atoms with Crippen LogP contribution >= 0.6 is 0 Å². The molecule has 6 nitrogen and oxygen atoms in total. The van der Waals surface area contributed by atoms with E-state index in [4.69, 9.17) is 9.47 Å². The Labute approximate surface area is 168 Å². The van der Waals surface area contributed by atoms with E-state index in [0.717, 1.165) is 10.8 Å². The second kappa shape index (κ2) is 8.56. The van der Waals surface area contributed by atoms with Crippen molar-refractivity contribution < 1.29 is 23.9 Å². The van der Waals surface area contributed by atoms with Crippen molar-refractivity contribution in [2.75, 3.05) is 12.4 Å². The first-order valence-corrected chi connectivity index (χ1v) is 9.08. The van der Waals surface area contributed by atoms with E-state index in [1.807, 2.05) is 24.3 Å². The Morgan fingerprint density at radius 3 is 2.14 bits per heavy atom. The van der Waals surface area contributed by atoms with Crippen molar-refractivity contribution >= 4 is 34.1 Å². The first-order chi connectivity index (χ1) is 13.9. The molecule has 0 saturated heterocycles. The van der Waals surface area contributed by atoms with Gasteiger partial charge in [0.15, 0.2) is 11.9 Å². The van der Waals surface area contributed by atoms with Crippen LogP contribution in [0.3, 0.4) is 0 Å². The summed E-state index contributed by atoms with van der Waals surface area (Å²) in [5.41, 5.74) is 1.30. The summed E-state index contributed by atoms with van der Waals surface area (Å²) in [6, 6.07) is 17.5. The smallest absolute Gasteiger partial charge is 0.342 e. The van der Waals surface area contributed by atoms with Crippen molar-refractivity contribution in [2.24, 2.45) is 0 Å². The van der Waals surface area contributed by atoms with Gasteiger partial charge in [-0.25, -0.2) is 4.79 Å². The number of hydrogen-bond donors (Lipinski definition) is 1. The Morgan fingerprint density at radius 2 is 1.55 bits per heavy atom. The number of ether oxygens (including phenoxy) is 2. The van der Waals surface area contributed by atoms with Crippen molar-refractivity contribution in [3.63, 3.8) is 0 Å². The number of carbonyl (C=O) groups excluding carboxylic acids is 3. The van der Waals surface area contributed by atoms with E-state index in [1.54, 1.807) is 36.4 Å². The number of methoxy groups -OCH3 is 1. The van der Waals surface area contributed by atoms with Crippen LogP contribution in [0.25, 0.3) is 10.8 Å². The molecule has 0 aliphatic rings. The predicted molar refractivity (Wildman–Crippen MR) is 110 cm³/mol. The van der Waals surface area contributed by atoms with Gasteiger partial charge in [0.25, 0.3) is 5.91 Å². The molecule has 6 heteroatoms. The number of hydrogen-bond acceptors (Lipinski definition) is 5. The number of amides is 1. The van der Waals surface area contributed by atoms with E-state index in [9.17, 15) is 14.4 Å². The van der Waals surface area contributed by atoms with Gasteiger partial charge in [0.2, 0.25) is 0 Å². The minimum atomic E-state index is -1.02. The van der Waals surface area contributed by atoms with Gasteiger partial charge < -0.3 is 14.8 Å². The second-order valence-corrected chi connectivity index (χ2v) is 6.57. The van der Waals surface area contributed by atoms with Gasteiger partial charge in [-0.2, -0.15) is 0 Å². The molecular weight excluding hydrogens is 370 g/mol. The summed E-state index contributed by atoms with van der Waals surface area (Å²) in [7, 11) is 1.47. The third kappa shape index (κ3) is 4.60. The molecule has 3 aromatic rings. The molecule has 29 heavy (non-hydrogen) atoms. The lowest BCUT2D eigenvalue weighted by atomic mass is 10.1. The number of anilines is 1. The first-order valence-electron chi connectivity index (χ1n) is 9.08. The van der Waals surface area contributed by atoms with E-state index in [2.05, 4.69) is 5.32 Å². The third-order valence-electron chi connectivity index (χ3n) is 4.50. The molecule has 0 heterocycles. The quantitative estimate of drug-likeness (QED) is 0.502. The van der Waals surface area contributed by atoms with Gasteiger partial charge in [-0.1, -0.05) is 24.3 Å². The van der Waals surface area contributed by atoms with Crippen LogP contribution in [0.4, 0.5) is 5.69 Å². The zero-order valence-corrected chi connectivity index (χ0v) is 16.4. The highest BCUT2D eigenvalue weighted by molar-refractivity contribution is 6.01. The van der Waals surface area contributed by atoms with E-state index < -0.39 is 18.0 Å². The number of fused-ring (bicyclic) bond motifs is 1. The maximum atomic E-state index is 12.6. The summed E-state index contributed by atoms with van der Waals surface area (Å²) >= 11 is 0. The van der Waals surface area contributed by atoms with Crippen molar-refractivity contribution in [3.05, 3.63) is 71.8 Å². The monoisotopic (exact) mass is 391 g/mol. The fraction of sp³-hybridized carbons (Fsp3) is 0.174. The SMILES string of the molecule is COc1cc2ccccc2cc1C(=O)OC(C)C(=O)Nc1ccc(C(C)=O)cc1. The van der Waals surface area contributed by atoms with Crippen molar-refractivity contribution in [2.45, 2.75) is 20.0 Å². The highest BCUT2D eigenvalue weighted by Crippen LogP contribution is 2.27. The van der Waals surface area contributed by atoms with E-state index in [1.165, 1.54) is 21.0 Å². The summed E-state index contributed by atoms with van der Waals surface area (Å²) < 4.78 is 10.7. The van der Waals surface area contributed by atoms with Crippen LogP contribution in [-0.2, 0) is 9.53 Å². The highest BCUT2D eigenvalue weighted by atomic mass is 16.5. The minimum Gasteiger partial charge on any atom is -0.496 e. The zero-order valence-electron chi connectivity index (χ0n) is 16.4. The molecular formula is C23H21NO5. The van der Waals surface area contributed by atoms with E-state index in [0.29, 0.717) is 17.0 Å². The molecule has 1 N–H and O–H groups in total. The molecule has 1 amide bonds. The molecule has 0 saturated carbocycles. The standard InChI is InChI=1S/C23H21NO5/c1-14(25)16-8-10-19(11-9-16)24-22(26)15(2)29-23(27)20-12-17-6-4-5-7-18(17)13-21(20)28-3/h4-13,15H,1-3H3,(H,24,26). The molecule has 0 radical (unpaired) electrons. The maximum Gasteiger partial charge on any atom is 0.342 e. The Morgan fingerprint density at radius 1 is 0.931 bits per heavy atom. The third-order valence-corrected chi connectivity index (χ3v) is 4.50. The number of benzene rings is 3. The van der Waals surface area contributed by atoms with Crippen LogP contribution in [0, 0.1) is 0 Å². The zero-order chi connectivity index (χ0) is 21.0. The highest BCUT2D eigenvalue weighted by Gasteiger charge is 2.22. The van der Waals surface area contributed by atoms with Crippen LogP contribution in [0.2, 0.25) is 0 Å².